The number of rotatable bonds is 6. The van der Waals surface area contributed by atoms with Gasteiger partial charge in [0, 0.05) is 38.8 Å². The summed E-state index contributed by atoms with van der Waals surface area (Å²) in [5.74, 6) is 1.72. The average molecular weight is 351 g/mol. The number of nitrogens with zero attached hydrogens (tertiary/aromatic N) is 4. The molecule has 0 aliphatic carbocycles. The largest absolute Gasteiger partial charge is 0.423 e. The van der Waals surface area contributed by atoms with Crippen LogP contribution in [-0.2, 0) is 16.1 Å². The standard InChI is InChI=1S/C17H29N5O3/c1-12(2)18-16(23)13(3)22-7-5-21(6-8-22)10-15-19-20-17(25-15)14-4-9-24-11-14/h12-14H,4-11H2,1-3H3,(H,18,23). The third-order valence-electron chi connectivity index (χ3n) is 4.89. The zero-order valence-corrected chi connectivity index (χ0v) is 15.4. The Morgan fingerprint density at radius 2 is 2.00 bits per heavy atom. The van der Waals surface area contributed by atoms with Crippen molar-refractivity contribution in [2.45, 2.75) is 51.7 Å². The van der Waals surface area contributed by atoms with Gasteiger partial charge in [0.25, 0.3) is 0 Å². The number of hydrogen-bond acceptors (Lipinski definition) is 7. The number of aromatic nitrogens is 2. The molecule has 2 saturated heterocycles. The lowest BCUT2D eigenvalue weighted by atomic mass is 10.1. The topological polar surface area (TPSA) is 83.7 Å². The summed E-state index contributed by atoms with van der Waals surface area (Å²) in [6.45, 7) is 11.6. The lowest BCUT2D eigenvalue weighted by Gasteiger charge is -2.37. The first-order valence-electron chi connectivity index (χ1n) is 9.19. The lowest BCUT2D eigenvalue weighted by molar-refractivity contribution is -0.127. The normalized spacial score (nSPS) is 23.9. The highest BCUT2D eigenvalue weighted by molar-refractivity contribution is 5.81. The zero-order valence-electron chi connectivity index (χ0n) is 15.4. The Bertz CT molecular complexity index is 562. The van der Waals surface area contributed by atoms with Crippen LogP contribution in [0.3, 0.4) is 0 Å². The first kappa shape index (κ1) is 18.3. The first-order chi connectivity index (χ1) is 12.0. The van der Waals surface area contributed by atoms with E-state index in [4.69, 9.17) is 9.15 Å². The number of piperazine rings is 1. The van der Waals surface area contributed by atoms with Gasteiger partial charge in [-0.25, -0.2) is 0 Å². The Morgan fingerprint density at radius 3 is 2.64 bits per heavy atom. The molecule has 1 aromatic heterocycles. The number of nitrogens with one attached hydrogen (secondary N) is 1. The predicted octanol–water partition coefficient (Wildman–Crippen LogP) is 0.604. The monoisotopic (exact) mass is 351 g/mol. The molecular weight excluding hydrogens is 322 g/mol. The molecule has 1 aromatic rings. The van der Waals surface area contributed by atoms with E-state index in [0.29, 0.717) is 24.9 Å². The number of ether oxygens (including phenoxy) is 1. The SMILES string of the molecule is CC(C)NC(=O)C(C)N1CCN(Cc2nnc(C3CCOC3)o2)CC1. The van der Waals surface area contributed by atoms with Crippen LogP contribution in [0.4, 0.5) is 0 Å². The highest BCUT2D eigenvalue weighted by atomic mass is 16.5. The van der Waals surface area contributed by atoms with E-state index >= 15 is 0 Å². The highest BCUT2D eigenvalue weighted by Gasteiger charge is 2.27. The zero-order chi connectivity index (χ0) is 17.8. The Kier molecular flexibility index (Phi) is 6.03. The molecule has 1 N–H and O–H groups in total. The van der Waals surface area contributed by atoms with Gasteiger partial charge < -0.3 is 14.5 Å². The second-order valence-electron chi connectivity index (χ2n) is 7.25. The summed E-state index contributed by atoms with van der Waals surface area (Å²) in [6, 6.07) is 0.0788. The van der Waals surface area contributed by atoms with Crippen molar-refractivity contribution in [2.24, 2.45) is 0 Å². The third-order valence-corrected chi connectivity index (χ3v) is 4.89. The summed E-state index contributed by atoms with van der Waals surface area (Å²) in [7, 11) is 0. The Morgan fingerprint density at radius 1 is 1.24 bits per heavy atom. The molecule has 1 amide bonds. The first-order valence-corrected chi connectivity index (χ1v) is 9.19. The Hall–Kier alpha value is -1.51. The van der Waals surface area contributed by atoms with E-state index in [0.717, 1.165) is 39.2 Å². The van der Waals surface area contributed by atoms with Gasteiger partial charge in [-0.15, -0.1) is 10.2 Å². The van der Waals surface area contributed by atoms with E-state index in [2.05, 4.69) is 25.3 Å². The molecule has 0 saturated carbocycles. The van der Waals surface area contributed by atoms with Gasteiger partial charge in [0.2, 0.25) is 17.7 Å². The smallest absolute Gasteiger partial charge is 0.237 e. The van der Waals surface area contributed by atoms with E-state index in [9.17, 15) is 4.79 Å². The molecule has 2 aliphatic heterocycles. The van der Waals surface area contributed by atoms with Crippen LogP contribution in [0.25, 0.3) is 0 Å². The summed E-state index contributed by atoms with van der Waals surface area (Å²) in [4.78, 5) is 16.7. The summed E-state index contributed by atoms with van der Waals surface area (Å²) in [5.41, 5.74) is 0. The summed E-state index contributed by atoms with van der Waals surface area (Å²) < 4.78 is 11.2. The second-order valence-corrected chi connectivity index (χ2v) is 7.25. The molecule has 0 aromatic carbocycles. The molecule has 2 fully saturated rings. The maximum absolute atomic E-state index is 12.1. The minimum absolute atomic E-state index is 0.0954. The van der Waals surface area contributed by atoms with Crippen molar-refractivity contribution in [3.63, 3.8) is 0 Å². The molecule has 25 heavy (non-hydrogen) atoms. The van der Waals surface area contributed by atoms with Gasteiger partial charge in [-0.3, -0.25) is 14.6 Å². The fraction of sp³-hybridized carbons (Fsp3) is 0.824. The Labute approximate surface area is 148 Å². The molecule has 0 spiro atoms. The number of hydrogen-bond donors (Lipinski definition) is 1. The van der Waals surface area contributed by atoms with Crippen LogP contribution in [0.2, 0.25) is 0 Å². The van der Waals surface area contributed by atoms with Crippen LogP contribution >= 0.6 is 0 Å². The third kappa shape index (κ3) is 4.77. The van der Waals surface area contributed by atoms with E-state index < -0.39 is 0 Å². The van der Waals surface area contributed by atoms with Crippen LogP contribution in [-0.4, -0.2) is 77.4 Å². The highest BCUT2D eigenvalue weighted by Crippen LogP contribution is 2.24. The van der Waals surface area contributed by atoms with Crippen LogP contribution < -0.4 is 5.32 Å². The minimum atomic E-state index is -0.0954. The molecule has 2 aliphatic rings. The van der Waals surface area contributed by atoms with Gasteiger partial charge in [-0.05, 0) is 27.2 Å². The fourth-order valence-electron chi connectivity index (χ4n) is 3.30. The van der Waals surface area contributed by atoms with Crippen molar-refractivity contribution >= 4 is 5.91 Å². The summed E-state index contributed by atoms with van der Waals surface area (Å²) >= 11 is 0. The van der Waals surface area contributed by atoms with Crippen molar-refractivity contribution < 1.29 is 13.9 Å². The number of carbonyl (C=O) groups is 1. The molecule has 0 bridgehead atoms. The van der Waals surface area contributed by atoms with Gasteiger partial charge in [-0.1, -0.05) is 0 Å². The molecule has 3 heterocycles. The van der Waals surface area contributed by atoms with Gasteiger partial charge in [0.1, 0.15) is 0 Å². The average Bonchev–Trinajstić information content (AvgIpc) is 3.25. The van der Waals surface area contributed by atoms with Gasteiger partial charge in [0.05, 0.1) is 25.1 Å². The molecule has 8 nitrogen and oxygen atoms in total. The van der Waals surface area contributed by atoms with Crippen LogP contribution in [0.15, 0.2) is 4.42 Å². The van der Waals surface area contributed by atoms with Crippen molar-refractivity contribution in [1.29, 1.82) is 0 Å². The van der Waals surface area contributed by atoms with Crippen molar-refractivity contribution in [3.05, 3.63) is 11.8 Å². The number of carbonyl (C=O) groups excluding carboxylic acids is 1. The van der Waals surface area contributed by atoms with E-state index in [1.807, 2.05) is 20.8 Å². The van der Waals surface area contributed by atoms with E-state index in [1.54, 1.807) is 0 Å². The van der Waals surface area contributed by atoms with Gasteiger partial charge in [-0.2, -0.15) is 0 Å². The maximum Gasteiger partial charge on any atom is 0.237 e. The summed E-state index contributed by atoms with van der Waals surface area (Å²) in [5, 5.41) is 11.3. The van der Waals surface area contributed by atoms with Gasteiger partial charge in [0.15, 0.2) is 0 Å². The van der Waals surface area contributed by atoms with Crippen LogP contribution in [0.1, 0.15) is 44.9 Å². The van der Waals surface area contributed by atoms with Gasteiger partial charge >= 0.3 is 0 Å². The molecule has 0 radical (unpaired) electrons. The van der Waals surface area contributed by atoms with Crippen LogP contribution in [0.5, 0.6) is 0 Å². The van der Waals surface area contributed by atoms with E-state index in [-0.39, 0.29) is 23.9 Å². The maximum atomic E-state index is 12.1. The van der Waals surface area contributed by atoms with Crippen molar-refractivity contribution in [1.82, 2.24) is 25.3 Å². The predicted molar refractivity (Wildman–Crippen MR) is 92.1 cm³/mol. The van der Waals surface area contributed by atoms with E-state index in [1.165, 1.54) is 0 Å². The minimum Gasteiger partial charge on any atom is -0.423 e. The molecule has 3 rings (SSSR count). The number of amides is 1. The summed E-state index contributed by atoms with van der Waals surface area (Å²) in [6.07, 6.45) is 0.955. The lowest BCUT2D eigenvalue weighted by Crippen LogP contribution is -2.54. The van der Waals surface area contributed by atoms with Crippen LogP contribution in [0, 0.1) is 0 Å². The molecule has 8 heteroatoms. The van der Waals surface area contributed by atoms with Crippen molar-refractivity contribution in [3.8, 4) is 0 Å². The molecule has 140 valence electrons. The molecule has 2 unspecified atom stereocenters. The fourth-order valence-corrected chi connectivity index (χ4v) is 3.30. The van der Waals surface area contributed by atoms with Crippen molar-refractivity contribution in [2.75, 3.05) is 39.4 Å². The molecule has 2 atom stereocenters. The second kappa shape index (κ2) is 8.25. The molecular formula is C17H29N5O3. The quantitative estimate of drug-likeness (QED) is 0.803. The Balaban J connectivity index is 1.45.